The summed E-state index contributed by atoms with van der Waals surface area (Å²) < 4.78 is 2.05. The van der Waals surface area contributed by atoms with E-state index in [-0.39, 0.29) is 0 Å². The molecule has 1 N–H and O–H groups in total. The molecule has 0 unspecified atom stereocenters. The van der Waals surface area contributed by atoms with Gasteiger partial charge in [-0.05, 0) is 69.5 Å². The van der Waals surface area contributed by atoms with Crippen LogP contribution < -0.4 is 5.32 Å². The number of nitrogens with one attached hydrogen (secondary N) is 1. The zero-order valence-corrected chi connectivity index (χ0v) is 14.3. The molecule has 3 rings (SSSR count). The molecule has 2 aliphatic rings. The average molecular weight is 318 g/mol. The van der Waals surface area contributed by atoms with Gasteiger partial charge in [0.15, 0.2) is 0 Å². The Morgan fingerprint density at radius 3 is 2.61 bits per heavy atom. The van der Waals surface area contributed by atoms with Crippen LogP contribution in [0.5, 0.6) is 0 Å². The van der Waals surface area contributed by atoms with Crippen LogP contribution in [-0.2, 0) is 11.3 Å². The van der Waals surface area contributed by atoms with E-state index in [1.165, 1.54) is 18.4 Å². The van der Waals surface area contributed by atoms with Gasteiger partial charge in [-0.25, -0.2) is 0 Å². The molecule has 2 aliphatic heterocycles. The SMILES string of the molecule is Cc1cnn(CC2CCN(C(=O)CCC3CCNCC3)CC2)c1. The summed E-state index contributed by atoms with van der Waals surface area (Å²) in [6.45, 7) is 7.17. The predicted molar refractivity (Wildman–Crippen MR) is 91.1 cm³/mol. The first-order chi connectivity index (χ1) is 11.2. The third-order valence-corrected chi connectivity index (χ3v) is 5.40. The fourth-order valence-electron chi connectivity index (χ4n) is 3.85. The Labute approximate surface area is 139 Å². The van der Waals surface area contributed by atoms with Crippen molar-refractivity contribution in [2.24, 2.45) is 11.8 Å². The second-order valence-corrected chi connectivity index (χ2v) is 7.30. The molecule has 23 heavy (non-hydrogen) atoms. The predicted octanol–water partition coefficient (Wildman–Crippen LogP) is 2.21. The third-order valence-electron chi connectivity index (χ3n) is 5.40. The fraction of sp³-hybridized carbons (Fsp3) is 0.778. The summed E-state index contributed by atoms with van der Waals surface area (Å²) in [7, 11) is 0. The zero-order chi connectivity index (χ0) is 16.1. The molecular weight excluding hydrogens is 288 g/mol. The van der Waals surface area contributed by atoms with E-state index in [9.17, 15) is 4.79 Å². The fourth-order valence-corrected chi connectivity index (χ4v) is 3.85. The average Bonchev–Trinajstić information content (AvgIpc) is 2.99. The number of carbonyl (C=O) groups is 1. The number of aryl methyl sites for hydroxylation is 1. The van der Waals surface area contributed by atoms with Gasteiger partial charge in [-0.1, -0.05) is 0 Å². The molecule has 5 nitrogen and oxygen atoms in total. The van der Waals surface area contributed by atoms with Crippen LogP contribution in [0, 0.1) is 18.8 Å². The van der Waals surface area contributed by atoms with Gasteiger partial charge in [0.1, 0.15) is 0 Å². The Kier molecular flexibility index (Phi) is 5.70. The quantitative estimate of drug-likeness (QED) is 0.905. The van der Waals surface area contributed by atoms with Gasteiger partial charge in [0.05, 0.1) is 6.20 Å². The highest BCUT2D eigenvalue weighted by atomic mass is 16.2. The molecule has 1 aromatic heterocycles. The lowest BCUT2D eigenvalue weighted by atomic mass is 9.92. The minimum Gasteiger partial charge on any atom is -0.343 e. The summed E-state index contributed by atoms with van der Waals surface area (Å²) in [5.74, 6) is 1.78. The molecule has 1 amide bonds. The summed E-state index contributed by atoms with van der Waals surface area (Å²) in [5, 5.41) is 7.77. The number of hydrogen-bond donors (Lipinski definition) is 1. The molecule has 1 aromatic rings. The van der Waals surface area contributed by atoms with Crippen molar-refractivity contribution in [2.45, 2.75) is 52.0 Å². The van der Waals surface area contributed by atoms with Crippen LogP contribution in [0.4, 0.5) is 0 Å². The highest BCUT2D eigenvalue weighted by Gasteiger charge is 2.24. The lowest BCUT2D eigenvalue weighted by molar-refractivity contribution is -0.133. The lowest BCUT2D eigenvalue weighted by Crippen LogP contribution is -2.39. The van der Waals surface area contributed by atoms with E-state index in [1.807, 2.05) is 6.20 Å². The molecule has 2 fully saturated rings. The smallest absolute Gasteiger partial charge is 0.222 e. The third kappa shape index (κ3) is 4.80. The van der Waals surface area contributed by atoms with Crippen molar-refractivity contribution in [3.63, 3.8) is 0 Å². The maximum Gasteiger partial charge on any atom is 0.222 e. The summed E-state index contributed by atoms with van der Waals surface area (Å²) in [5.41, 5.74) is 1.22. The second-order valence-electron chi connectivity index (χ2n) is 7.30. The number of likely N-dealkylation sites (tertiary alicyclic amines) is 1. The first-order valence-electron chi connectivity index (χ1n) is 9.18. The lowest BCUT2D eigenvalue weighted by Gasteiger charge is -2.32. The zero-order valence-electron chi connectivity index (χ0n) is 14.3. The number of hydrogen-bond acceptors (Lipinski definition) is 3. The Hall–Kier alpha value is -1.36. The van der Waals surface area contributed by atoms with Gasteiger partial charge < -0.3 is 10.2 Å². The van der Waals surface area contributed by atoms with Gasteiger partial charge in [-0.3, -0.25) is 9.48 Å². The molecule has 0 aromatic carbocycles. The molecule has 0 radical (unpaired) electrons. The van der Waals surface area contributed by atoms with Crippen molar-refractivity contribution >= 4 is 5.91 Å². The van der Waals surface area contributed by atoms with Gasteiger partial charge in [0.2, 0.25) is 5.91 Å². The van der Waals surface area contributed by atoms with Crippen molar-refractivity contribution in [2.75, 3.05) is 26.2 Å². The van der Waals surface area contributed by atoms with Gasteiger partial charge in [-0.2, -0.15) is 5.10 Å². The maximum absolute atomic E-state index is 12.4. The number of piperidine rings is 2. The van der Waals surface area contributed by atoms with E-state index in [4.69, 9.17) is 0 Å². The van der Waals surface area contributed by atoms with E-state index in [0.717, 1.165) is 64.3 Å². The van der Waals surface area contributed by atoms with E-state index < -0.39 is 0 Å². The summed E-state index contributed by atoms with van der Waals surface area (Å²) in [6.07, 6.45) is 10.5. The number of aromatic nitrogens is 2. The van der Waals surface area contributed by atoms with Crippen LogP contribution in [0.3, 0.4) is 0 Å². The monoisotopic (exact) mass is 318 g/mol. The Morgan fingerprint density at radius 1 is 1.22 bits per heavy atom. The second kappa shape index (κ2) is 7.95. The topological polar surface area (TPSA) is 50.2 Å². The normalized spacial score (nSPS) is 20.8. The van der Waals surface area contributed by atoms with Gasteiger partial charge >= 0.3 is 0 Å². The molecule has 0 aliphatic carbocycles. The summed E-state index contributed by atoms with van der Waals surface area (Å²) in [6, 6.07) is 0. The van der Waals surface area contributed by atoms with E-state index >= 15 is 0 Å². The molecule has 128 valence electrons. The van der Waals surface area contributed by atoms with Crippen molar-refractivity contribution in [3.05, 3.63) is 18.0 Å². The van der Waals surface area contributed by atoms with E-state index in [1.54, 1.807) is 0 Å². The van der Waals surface area contributed by atoms with Crippen molar-refractivity contribution in [1.82, 2.24) is 20.0 Å². The molecular formula is C18H30N4O. The molecule has 0 saturated carbocycles. The number of carbonyl (C=O) groups excluding carboxylic acids is 1. The van der Waals surface area contributed by atoms with Crippen molar-refractivity contribution in [1.29, 1.82) is 0 Å². The maximum atomic E-state index is 12.4. The molecule has 0 bridgehead atoms. The number of rotatable bonds is 5. The number of nitrogens with zero attached hydrogens (tertiary/aromatic N) is 3. The first kappa shape index (κ1) is 16.5. The first-order valence-corrected chi connectivity index (χ1v) is 9.18. The minimum absolute atomic E-state index is 0.372. The Bertz CT molecular complexity index is 499. The highest BCUT2D eigenvalue weighted by Crippen LogP contribution is 2.22. The van der Waals surface area contributed by atoms with Crippen molar-refractivity contribution < 1.29 is 4.79 Å². The standard InChI is InChI=1S/C18H30N4O/c1-15-12-20-22(13-15)14-17-6-10-21(11-7-17)18(23)3-2-16-4-8-19-9-5-16/h12-13,16-17,19H,2-11,14H2,1H3. The van der Waals surface area contributed by atoms with Crippen LogP contribution >= 0.6 is 0 Å². The number of amides is 1. The van der Waals surface area contributed by atoms with Crippen LogP contribution in [0.15, 0.2) is 12.4 Å². The molecule has 2 saturated heterocycles. The van der Waals surface area contributed by atoms with E-state index in [0.29, 0.717) is 11.8 Å². The summed E-state index contributed by atoms with van der Waals surface area (Å²) >= 11 is 0. The molecule has 0 atom stereocenters. The van der Waals surface area contributed by atoms with Crippen molar-refractivity contribution in [3.8, 4) is 0 Å². The molecule has 0 spiro atoms. The summed E-state index contributed by atoms with van der Waals surface area (Å²) in [4.78, 5) is 14.5. The van der Waals surface area contributed by atoms with Gasteiger partial charge in [0, 0.05) is 32.3 Å². The Morgan fingerprint density at radius 2 is 1.96 bits per heavy atom. The molecule has 3 heterocycles. The largest absolute Gasteiger partial charge is 0.343 e. The molecule has 5 heteroatoms. The van der Waals surface area contributed by atoms with Crippen LogP contribution in [-0.4, -0.2) is 46.8 Å². The van der Waals surface area contributed by atoms with Gasteiger partial charge in [-0.15, -0.1) is 0 Å². The minimum atomic E-state index is 0.372. The van der Waals surface area contributed by atoms with E-state index in [2.05, 4.69) is 33.1 Å². The van der Waals surface area contributed by atoms with Gasteiger partial charge in [0.25, 0.3) is 0 Å². The van der Waals surface area contributed by atoms with Crippen LogP contribution in [0.25, 0.3) is 0 Å². The highest BCUT2D eigenvalue weighted by molar-refractivity contribution is 5.76. The van der Waals surface area contributed by atoms with Crippen LogP contribution in [0.1, 0.15) is 44.1 Å². The Balaban J connectivity index is 1.37. The van der Waals surface area contributed by atoms with Crippen LogP contribution in [0.2, 0.25) is 0 Å².